The standard InChI is InChI=1S/C22H14F3NO2/c23-22(24,25)18-11-12-19-17(13-18)14-20(15-7-3-1-4-8-15)26(19)28-21(27)16-9-5-2-6-10-16/h1-14H. The van der Waals surface area contributed by atoms with Gasteiger partial charge >= 0.3 is 12.1 Å². The van der Waals surface area contributed by atoms with E-state index in [1.165, 1.54) is 10.8 Å². The Balaban J connectivity index is 1.86. The van der Waals surface area contributed by atoms with E-state index in [1.807, 2.05) is 6.07 Å². The maximum Gasteiger partial charge on any atom is 0.416 e. The maximum atomic E-state index is 13.1. The van der Waals surface area contributed by atoms with Crippen LogP contribution >= 0.6 is 0 Å². The van der Waals surface area contributed by atoms with Gasteiger partial charge in [0.15, 0.2) is 0 Å². The number of rotatable bonds is 3. The molecule has 0 aliphatic heterocycles. The van der Waals surface area contributed by atoms with E-state index < -0.39 is 17.7 Å². The lowest BCUT2D eigenvalue weighted by molar-refractivity contribution is -0.137. The first-order chi connectivity index (χ1) is 13.4. The number of hydrogen-bond donors (Lipinski definition) is 0. The quantitative estimate of drug-likeness (QED) is 0.463. The molecule has 28 heavy (non-hydrogen) atoms. The van der Waals surface area contributed by atoms with Crippen molar-refractivity contribution in [2.75, 3.05) is 0 Å². The molecule has 3 aromatic carbocycles. The summed E-state index contributed by atoms with van der Waals surface area (Å²) in [5, 5.41) is 0.328. The van der Waals surface area contributed by atoms with E-state index in [4.69, 9.17) is 4.84 Å². The summed E-state index contributed by atoms with van der Waals surface area (Å²) in [4.78, 5) is 18.1. The van der Waals surface area contributed by atoms with Crippen LogP contribution in [0.5, 0.6) is 0 Å². The zero-order valence-corrected chi connectivity index (χ0v) is 14.5. The molecule has 0 N–H and O–H groups in total. The van der Waals surface area contributed by atoms with Crippen molar-refractivity contribution < 1.29 is 22.8 Å². The van der Waals surface area contributed by atoms with Crippen molar-refractivity contribution in [3.63, 3.8) is 0 Å². The molecule has 0 radical (unpaired) electrons. The summed E-state index contributed by atoms with van der Waals surface area (Å²) in [6.07, 6.45) is -4.45. The topological polar surface area (TPSA) is 31.2 Å². The van der Waals surface area contributed by atoms with E-state index in [9.17, 15) is 18.0 Å². The van der Waals surface area contributed by atoms with Gasteiger partial charge in [-0.1, -0.05) is 48.5 Å². The van der Waals surface area contributed by atoms with Gasteiger partial charge in [-0.05, 0) is 36.4 Å². The summed E-state index contributed by atoms with van der Waals surface area (Å²) in [5.74, 6) is -0.602. The van der Waals surface area contributed by atoms with Crippen molar-refractivity contribution in [2.45, 2.75) is 6.18 Å². The van der Waals surface area contributed by atoms with Crippen LogP contribution in [0.15, 0.2) is 84.9 Å². The zero-order valence-electron chi connectivity index (χ0n) is 14.5. The van der Waals surface area contributed by atoms with Gasteiger partial charge in [-0.25, -0.2) is 4.79 Å². The molecule has 1 heterocycles. The predicted molar refractivity (Wildman–Crippen MR) is 99.7 cm³/mol. The summed E-state index contributed by atoms with van der Waals surface area (Å²) in [6.45, 7) is 0. The highest BCUT2D eigenvalue weighted by atomic mass is 19.4. The summed E-state index contributed by atoms with van der Waals surface area (Å²) < 4.78 is 40.5. The van der Waals surface area contributed by atoms with E-state index in [0.717, 1.165) is 12.1 Å². The highest BCUT2D eigenvalue weighted by Crippen LogP contribution is 2.34. The molecule has 0 atom stereocenters. The third-order valence-electron chi connectivity index (χ3n) is 4.34. The van der Waals surface area contributed by atoms with Crippen LogP contribution in [0.25, 0.3) is 22.2 Å². The second-order valence-corrected chi connectivity index (χ2v) is 6.21. The van der Waals surface area contributed by atoms with Crippen molar-refractivity contribution in [3.05, 3.63) is 96.1 Å². The van der Waals surface area contributed by atoms with E-state index >= 15 is 0 Å². The van der Waals surface area contributed by atoms with Gasteiger partial charge in [0.25, 0.3) is 0 Å². The highest BCUT2D eigenvalue weighted by molar-refractivity contribution is 5.92. The fourth-order valence-electron chi connectivity index (χ4n) is 2.98. The molecule has 4 rings (SSSR count). The minimum Gasteiger partial charge on any atom is -0.330 e. The lowest BCUT2D eigenvalue weighted by Gasteiger charge is -2.11. The maximum absolute atomic E-state index is 13.1. The van der Waals surface area contributed by atoms with Crippen LogP contribution in [0.2, 0.25) is 0 Å². The van der Waals surface area contributed by atoms with Crippen LogP contribution in [0.4, 0.5) is 13.2 Å². The Kier molecular flexibility index (Phi) is 4.39. The number of carbonyl (C=O) groups is 1. The molecule has 0 saturated heterocycles. The minimum absolute atomic E-state index is 0.328. The highest BCUT2D eigenvalue weighted by Gasteiger charge is 2.31. The number of carbonyl (C=O) groups excluding carboxylic acids is 1. The Bertz CT molecular complexity index is 1130. The number of alkyl halides is 3. The molecule has 0 aliphatic rings. The van der Waals surface area contributed by atoms with Gasteiger partial charge in [0.05, 0.1) is 22.3 Å². The van der Waals surface area contributed by atoms with Crippen LogP contribution in [-0.4, -0.2) is 10.7 Å². The van der Waals surface area contributed by atoms with Crippen molar-refractivity contribution >= 4 is 16.9 Å². The molecule has 0 spiro atoms. The molecule has 0 aliphatic carbocycles. The first kappa shape index (κ1) is 17.9. The smallest absolute Gasteiger partial charge is 0.330 e. The molecule has 0 saturated carbocycles. The molecule has 0 bridgehead atoms. The van der Waals surface area contributed by atoms with Crippen LogP contribution in [0, 0.1) is 0 Å². The van der Waals surface area contributed by atoms with Crippen LogP contribution < -0.4 is 4.84 Å². The normalized spacial score (nSPS) is 11.5. The van der Waals surface area contributed by atoms with Crippen molar-refractivity contribution in [1.82, 2.24) is 4.73 Å². The third kappa shape index (κ3) is 3.36. The van der Waals surface area contributed by atoms with E-state index in [1.54, 1.807) is 60.7 Å². The fourth-order valence-corrected chi connectivity index (χ4v) is 2.98. The van der Waals surface area contributed by atoms with Gasteiger partial charge < -0.3 is 4.84 Å². The first-order valence-corrected chi connectivity index (χ1v) is 8.49. The Hall–Kier alpha value is -3.54. The summed E-state index contributed by atoms with van der Waals surface area (Å²) in [7, 11) is 0. The largest absolute Gasteiger partial charge is 0.416 e. The number of nitrogens with zero attached hydrogens (tertiary/aromatic N) is 1. The monoisotopic (exact) mass is 381 g/mol. The molecule has 6 heteroatoms. The molecule has 3 nitrogen and oxygen atoms in total. The first-order valence-electron chi connectivity index (χ1n) is 8.49. The molecular weight excluding hydrogens is 367 g/mol. The molecule has 140 valence electrons. The molecular formula is C22H14F3NO2. The third-order valence-corrected chi connectivity index (χ3v) is 4.34. The van der Waals surface area contributed by atoms with Crippen LogP contribution in [0.3, 0.4) is 0 Å². The van der Waals surface area contributed by atoms with Gasteiger partial charge in [0.2, 0.25) is 0 Å². The Labute approximate surface area is 158 Å². The molecule has 1 aromatic heterocycles. The number of hydrogen-bond acceptors (Lipinski definition) is 2. The van der Waals surface area contributed by atoms with Crippen molar-refractivity contribution in [1.29, 1.82) is 0 Å². The van der Waals surface area contributed by atoms with Crippen LogP contribution in [0.1, 0.15) is 15.9 Å². The van der Waals surface area contributed by atoms with E-state index in [0.29, 0.717) is 27.7 Å². The van der Waals surface area contributed by atoms with Crippen molar-refractivity contribution in [3.8, 4) is 11.3 Å². The molecule has 0 amide bonds. The Morgan fingerprint density at radius 1 is 0.821 bits per heavy atom. The number of aromatic nitrogens is 1. The zero-order chi connectivity index (χ0) is 19.7. The van der Waals surface area contributed by atoms with Gasteiger partial charge in [-0.15, -0.1) is 0 Å². The van der Waals surface area contributed by atoms with Crippen LogP contribution in [-0.2, 0) is 6.18 Å². The van der Waals surface area contributed by atoms with Gasteiger partial charge in [-0.3, -0.25) is 0 Å². The van der Waals surface area contributed by atoms with Gasteiger partial charge in [0, 0.05) is 10.9 Å². The van der Waals surface area contributed by atoms with Crippen molar-refractivity contribution in [2.24, 2.45) is 0 Å². The average molecular weight is 381 g/mol. The minimum atomic E-state index is -4.45. The summed E-state index contributed by atoms with van der Waals surface area (Å²) in [5.41, 5.74) is 1.16. The van der Waals surface area contributed by atoms with Gasteiger partial charge in [-0.2, -0.15) is 17.9 Å². The second-order valence-electron chi connectivity index (χ2n) is 6.21. The molecule has 0 fully saturated rings. The van der Waals surface area contributed by atoms with Gasteiger partial charge in [0.1, 0.15) is 0 Å². The summed E-state index contributed by atoms with van der Waals surface area (Å²) >= 11 is 0. The Morgan fingerprint density at radius 2 is 1.46 bits per heavy atom. The molecule has 4 aromatic rings. The van der Waals surface area contributed by atoms with E-state index in [-0.39, 0.29) is 0 Å². The second kappa shape index (κ2) is 6.88. The molecule has 0 unspecified atom stereocenters. The average Bonchev–Trinajstić information content (AvgIpc) is 3.06. The number of fused-ring (bicyclic) bond motifs is 1. The number of benzene rings is 3. The lowest BCUT2D eigenvalue weighted by atomic mass is 10.1. The van der Waals surface area contributed by atoms with E-state index in [2.05, 4.69) is 0 Å². The number of halogens is 3. The Morgan fingerprint density at radius 3 is 2.11 bits per heavy atom. The lowest BCUT2D eigenvalue weighted by Crippen LogP contribution is -2.20. The fraction of sp³-hybridized carbons (Fsp3) is 0.0455. The SMILES string of the molecule is O=C(On1c(-c2ccccc2)cc2cc(C(F)(F)F)ccc21)c1ccccc1. The predicted octanol–water partition coefficient (Wildman–Crippen LogP) is 5.60. The summed E-state index contributed by atoms with van der Waals surface area (Å²) in [6, 6.07) is 22.3.